The normalized spacial score (nSPS) is 14.9. The Balaban J connectivity index is 2.36. The van der Waals surface area contributed by atoms with Crippen LogP contribution in [0, 0.1) is 6.92 Å². The molecule has 3 heteroatoms. The summed E-state index contributed by atoms with van der Waals surface area (Å²) in [6, 6.07) is 4.06. The van der Waals surface area contributed by atoms with E-state index in [-0.39, 0.29) is 0 Å². The first kappa shape index (κ1) is 13.7. The Hall–Kier alpha value is -1.28. The van der Waals surface area contributed by atoms with Crippen LogP contribution in [-0.2, 0) is 12.8 Å². The molecule has 0 aliphatic heterocycles. The van der Waals surface area contributed by atoms with Crippen LogP contribution in [0.4, 0.5) is 5.69 Å². The summed E-state index contributed by atoms with van der Waals surface area (Å²) in [5.41, 5.74) is 6.15. The van der Waals surface area contributed by atoms with Gasteiger partial charge in [-0.1, -0.05) is 24.1 Å². The minimum atomic E-state index is 0.761. The van der Waals surface area contributed by atoms with Crippen molar-refractivity contribution in [1.29, 1.82) is 0 Å². The van der Waals surface area contributed by atoms with E-state index in [4.69, 9.17) is 16.6 Å². The molecule has 0 saturated carbocycles. The van der Waals surface area contributed by atoms with Gasteiger partial charge in [0.1, 0.15) is 0 Å². The van der Waals surface area contributed by atoms with Gasteiger partial charge in [0.25, 0.3) is 0 Å². The van der Waals surface area contributed by atoms with Crippen molar-refractivity contribution >= 4 is 28.2 Å². The van der Waals surface area contributed by atoms with Crippen molar-refractivity contribution in [2.75, 3.05) is 11.9 Å². The van der Waals surface area contributed by atoms with E-state index in [2.05, 4.69) is 25.2 Å². The zero-order valence-electron chi connectivity index (χ0n) is 12.2. The average molecular weight is 289 g/mol. The lowest BCUT2D eigenvalue weighted by Gasteiger charge is -2.18. The van der Waals surface area contributed by atoms with Crippen molar-refractivity contribution in [2.24, 2.45) is 0 Å². The van der Waals surface area contributed by atoms with E-state index in [1.54, 1.807) is 0 Å². The lowest BCUT2D eigenvalue weighted by Crippen LogP contribution is -2.07. The summed E-state index contributed by atoms with van der Waals surface area (Å²) >= 11 is 6.39. The number of pyridine rings is 1. The summed E-state index contributed by atoms with van der Waals surface area (Å²) in [4.78, 5) is 4.91. The molecule has 1 heterocycles. The van der Waals surface area contributed by atoms with Crippen molar-refractivity contribution in [3.63, 3.8) is 0 Å². The van der Waals surface area contributed by atoms with E-state index in [1.807, 2.05) is 6.07 Å². The van der Waals surface area contributed by atoms with Crippen molar-refractivity contribution in [2.45, 2.75) is 46.0 Å². The van der Waals surface area contributed by atoms with Gasteiger partial charge in [-0.25, -0.2) is 0 Å². The van der Waals surface area contributed by atoms with Gasteiger partial charge in [-0.15, -0.1) is 0 Å². The van der Waals surface area contributed by atoms with Crippen molar-refractivity contribution in [1.82, 2.24) is 4.98 Å². The minimum absolute atomic E-state index is 0.761. The molecule has 0 saturated heterocycles. The van der Waals surface area contributed by atoms with Crippen LogP contribution in [0.2, 0.25) is 5.02 Å². The summed E-state index contributed by atoms with van der Waals surface area (Å²) in [5.74, 6) is 0. The SMILES string of the molecule is CCNc1c2c(nc3c(Cl)ccc(C)c13)CCCCC2. The summed E-state index contributed by atoms with van der Waals surface area (Å²) in [6.07, 6.45) is 6.00. The zero-order valence-corrected chi connectivity index (χ0v) is 13.0. The summed E-state index contributed by atoms with van der Waals surface area (Å²) < 4.78 is 0. The predicted octanol–water partition coefficient (Wildman–Crippen LogP) is 4.90. The van der Waals surface area contributed by atoms with Gasteiger partial charge in [-0.3, -0.25) is 4.98 Å². The molecule has 0 radical (unpaired) electrons. The molecule has 2 aromatic rings. The van der Waals surface area contributed by atoms with Crippen molar-refractivity contribution in [3.8, 4) is 0 Å². The second-order valence-corrected chi connectivity index (χ2v) is 6.00. The van der Waals surface area contributed by atoms with E-state index >= 15 is 0 Å². The van der Waals surface area contributed by atoms with Gasteiger partial charge in [0.05, 0.1) is 10.5 Å². The van der Waals surface area contributed by atoms with E-state index in [0.29, 0.717) is 0 Å². The number of rotatable bonds is 2. The first-order valence-corrected chi connectivity index (χ1v) is 7.94. The molecule has 1 N–H and O–H groups in total. The number of fused-ring (bicyclic) bond motifs is 2. The Morgan fingerprint density at radius 1 is 1.20 bits per heavy atom. The second kappa shape index (κ2) is 5.61. The predicted molar refractivity (Wildman–Crippen MR) is 86.9 cm³/mol. The highest BCUT2D eigenvalue weighted by Crippen LogP contribution is 2.37. The highest BCUT2D eigenvalue weighted by molar-refractivity contribution is 6.35. The largest absolute Gasteiger partial charge is 0.384 e. The summed E-state index contributed by atoms with van der Waals surface area (Å²) in [6.45, 7) is 5.22. The summed E-state index contributed by atoms with van der Waals surface area (Å²) in [5, 5.41) is 5.55. The van der Waals surface area contributed by atoms with Gasteiger partial charge in [-0.2, -0.15) is 0 Å². The minimum Gasteiger partial charge on any atom is -0.384 e. The molecule has 106 valence electrons. The Morgan fingerprint density at radius 2 is 2.00 bits per heavy atom. The maximum absolute atomic E-state index is 6.39. The molecule has 1 aliphatic carbocycles. The van der Waals surface area contributed by atoms with Gasteiger partial charge in [0.15, 0.2) is 0 Å². The molecular weight excluding hydrogens is 268 g/mol. The van der Waals surface area contributed by atoms with Crippen LogP contribution in [-0.4, -0.2) is 11.5 Å². The van der Waals surface area contributed by atoms with Crippen molar-refractivity contribution in [3.05, 3.63) is 34.0 Å². The fraction of sp³-hybridized carbons (Fsp3) is 0.471. The lowest BCUT2D eigenvalue weighted by molar-refractivity contribution is 0.709. The summed E-state index contributed by atoms with van der Waals surface area (Å²) in [7, 11) is 0. The fourth-order valence-electron chi connectivity index (χ4n) is 3.21. The molecule has 0 bridgehead atoms. The number of benzene rings is 1. The number of hydrogen-bond acceptors (Lipinski definition) is 2. The average Bonchev–Trinajstić information content (AvgIpc) is 2.68. The molecule has 20 heavy (non-hydrogen) atoms. The molecular formula is C17H21ClN2. The number of anilines is 1. The monoisotopic (exact) mass is 288 g/mol. The first-order chi connectivity index (χ1) is 9.72. The molecule has 0 unspecified atom stereocenters. The van der Waals surface area contributed by atoms with E-state index in [9.17, 15) is 0 Å². The maximum atomic E-state index is 6.39. The molecule has 0 spiro atoms. The van der Waals surface area contributed by atoms with Gasteiger partial charge < -0.3 is 5.32 Å². The van der Waals surface area contributed by atoms with Crippen LogP contribution in [0.3, 0.4) is 0 Å². The number of hydrogen-bond donors (Lipinski definition) is 1. The molecule has 0 amide bonds. The first-order valence-electron chi connectivity index (χ1n) is 7.56. The third kappa shape index (κ3) is 2.26. The quantitative estimate of drug-likeness (QED) is 0.795. The standard InChI is InChI=1S/C17H21ClN2/c1-3-19-16-12-7-5-4-6-8-14(12)20-17-13(18)10-9-11(2)15(16)17/h9-10H,3-8H2,1-2H3,(H,19,20). The molecule has 2 nitrogen and oxygen atoms in total. The molecule has 1 aromatic carbocycles. The van der Waals surface area contributed by atoms with Crippen LogP contribution in [0.25, 0.3) is 10.9 Å². The molecule has 0 atom stereocenters. The Kier molecular flexibility index (Phi) is 3.84. The van der Waals surface area contributed by atoms with Gasteiger partial charge >= 0.3 is 0 Å². The number of halogens is 1. The van der Waals surface area contributed by atoms with Crippen LogP contribution in [0.1, 0.15) is 43.0 Å². The van der Waals surface area contributed by atoms with Crippen molar-refractivity contribution < 1.29 is 0 Å². The topological polar surface area (TPSA) is 24.9 Å². The number of aryl methyl sites for hydroxylation is 2. The van der Waals surface area contributed by atoms with Crippen LogP contribution < -0.4 is 5.32 Å². The Morgan fingerprint density at radius 3 is 2.80 bits per heavy atom. The third-order valence-corrected chi connectivity index (χ3v) is 4.48. The van der Waals surface area contributed by atoms with Gasteiger partial charge in [0.2, 0.25) is 0 Å². The van der Waals surface area contributed by atoms with Crippen LogP contribution >= 0.6 is 11.6 Å². The van der Waals surface area contributed by atoms with Gasteiger partial charge in [-0.05, 0) is 56.7 Å². The molecule has 3 rings (SSSR count). The molecule has 1 aromatic heterocycles. The number of nitrogens with one attached hydrogen (secondary N) is 1. The lowest BCUT2D eigenvalue weighted by atomic mass is 9.99. The second-order valence-electron chi connectivity index (χ2n) is 5.59. The highest BCUT2D eigenvalue weighted by atomic mass is 35.5. The number of aromatic nitrogens is 1. The smallest absolute Gasteiger partial charge is 0.0915 e. The number of nitrogens with zero attached hydrogens (tertiary/aromatic N) is 1. The van der Waals surface area contributed by atoms with E-state index in [1.165, 1.54) is 47.2 Å². The van der Waals surface area contributed by atoms with E-state index in [0.717, 1.165) is 29.9 Å². The third-order valence-electron chi connectivity index (χ3n) is 4.18. The Bertz CT molecular complexity index is 649. The van der Waals surface area contributed by atoms with Crippen LogP contribution in [0.15, 0.2) is 12.1 Å². The van der Waals surface area contributed by atoms with E-state index < -0.39 is 0 Å². The zero-order chi connectivity index (χ0) is 14.1. The Labute approximate surface area is 125 Å². The molecule has 1 aliphatic rings. The van der Waals surface area contributed by atoms with Gasteiger partial charge in [0, 0.05) is 23.3 Å². The fourth-order valence-corrected chi connectivity index (χ4v) is 3.41. The van der Waals surface area contributed by atoms with Crippen LogP contribution in [0.5, 0.6) is 0 Å². The highest BCUT2D eigenvalue weighted by Gasteiger charge is 2.19. The maximum Gasteiger partial charge on any atom is 0.0915 e. The molecule has 0 fully saturated rings.